The van der Waals surface area contributed by atoms with Crippen LogP contribution in [0.2, 0.25) is 0 Å². The Balaban J connectivity index is 2.27. The number of amides is 5. The summed E-state index contributed by atoms with van der Waals surface area (Å²) in [5.74, 6) is -2.83. The normalized spacial score (nSPS) is 15.9. The van der Waals surface area contributed by atoms with Gasteiger partial charge in [0.15, 0.2) is 4.84 Å². The number of nitrogens with one attached hydrogen (secondary N) is 3. The van der Waals surface area contributed by atoms with Crippen LogP contribution in [0.4, 0.5) is 4.79 Å². The maximum atomic E-state index is 13.8. The van der Waals surface area contributed by atoms with Gasteiger partial charge in [0.1, 0.15) is 18.7 Å². The quantitative estimate of drug-likeness (QED) is 0.175. The molecule has 1 aromatic carbocycles. The van der Waals surface area contributed by atoms with Gasteiger partial charge < -0.3 is 25.8 Å². The minimum absolute atomic E-state index is 0.0143. The summed E-state index contributed by atoms with van der Waals surface area (Å²) in [7, 11) is 0. The molecule has 0 unspecified atom stereocenters. The Morgan fingerprint density at radius 3 is 2.20 bits per heavy atom. The average Bonchev–Trinajstić information content (AvgIpc) is 2.96. The highest BCUT2D eigenvalue weighted by atomic mass is 35.5. The first-order valence-corrected chi connectivity index (χ1v) is 15.7. The van der Waals surface area contributed by atoms with Crippen LogP contribution in [0.25, 0.3) is 0 Å². The summed E-state index contributed by atoms with van der Waals surface area (Å²) >= 11 is 11.5. The van der Waals surface area contributed by atoms with Crippen molar-refractivity contribution in [3.05, 3.63) is 35.9 Å². The van der Waals surface area contributed by atoms with Crippen molar-refractivity contribution in [1.29, 1.82) is 0 Å². The van der Waals surface area contributed by atoms with E-state index in [0.29, 0.717) is 0 Å². The number of carbonyl (C=O) groups excluding carboxylic acids is 5. The molecule has 1 aliphatic rings. The second-order valence-electron chi connectivity index (χ2n) is 11.9. The zero-order chi connectivity index (χ0) is 32.9. The summed E-state index contributed by atoms with van der Waals surface area (Å²) in [6.45, 7) is 6.78. The van der Waals surface area contributed by atoms with Crippen LogP contribution >= 0.6 is 23.2 Å². The molecule has 246 valence electrons. The number of alkyl carbamates (subject to hydrolysis) is 1. The average molecular weight is 659 g/mol. The van der Waals surface area contributed by atoms with Crippen LogP contribution in [0.1, 0.15) is 78.2 Å². The smallest absolute Gasteiger partial charge is 0.408 e. The molecular formula is C30H45Cl2N5O7. The molecule has 0 saturated heterocycles. The van der Waals surface area contributed by atoms with Gasteiger partial charge in [0, 0.05) is 6.42 Å². The number of hydrogen-bond donors (Lipinski definition) is 4. The summed E-state index contributed by atoms with van der Waals surface area (Å²) in [5.41, 5.74) is 7.78. The topological polar surface area (TPSA) is 169 Å². The molecule has 2 rings (SSSR count). The Morgan fingerprint density at radius 2 is 1.64 bits per heavy atom. The van der Waals surface area contributed by atoms with E-state index >= 15 is 0 Å². The van der Waals surface area contributed by atoms with Crippen LogP contribution in [0.3, 0.4) is 0 Å². The first kappa shape index (κ1) is 37.1. The number of ether oxygens (including phenoxy) is 2. The van der Waals surface area contributed by atoms with E-state index in [-0.39, 0.29) is 31.9 Å². The van der Waals surface area contributed by atoms with Crippen molar-refractivity contribution < 1.29 is 33.4 Å². The zero-order valence-corrected chi connectivity index (χ0v) is 27.3. The number of primary amides is 1. The van der Waals surface area contributed by atoms with Crippen LogP contribution in [0.5, 0.6) is 0 Å². The van der Waals surface area contributed by atoms with Gasteiger partial charge in [-0.05, 0) is 45.6 Å². The third kappa shape index (κ3) is 13.7. The van der Waals surface area contributed by atoms with E-state index in [4.69, 9.17) is 38.4 Å². The second-order valence-corrected chi connectivity index (χ2v) is 13.0. The standard InChI is InChI=1S/C30H45Cl2N5O7/c1-19(44-30(2,3)4)24(35-29(42)43-18-21-13-9-6-10-14-21)27(40)34-22(17-20-11-7-5-8-12-20)26(39)36-37(16-15-23(33)38)28(41)25(31)32/h6,9-10,13-14,19-20,22,24-25H,5,7-8,11-12,15-18H2,1-4H3,(H2,33,38)(H,34,40)(H,35,42)(H,36,39)/t19-,22+,24+/m1/s1. The number of hydrogen-bond acceptors (Lipinski definition) is 7. The molecule has 1 fully saturated rings. The van der Waals surface area contributed by atoms with E-state index in [9.17, 15) is 24.0 Å². The Hall–Kier alpha value is -3.09. The molecule has 0 aliphatic heterocycles. The van der Waals surface area contributed by atoms with Crippen molar-refractivity contribution in [2.75, 3.05) is 6.54 Å². The molecule has 0 bridgehead atoms. The van der Waals surface area contributed by atoms with Crippen molar-refractivity contribution in [3.8, 4) is 0 Å². The maximum Gasteiger partial charge on any atom is 0.408 e. The molecule has 14 heteroatoms. The Bertz CT molecular complexity index is 1110. The lowest BCUT2D eigenvalue weighted by Gasteiger charge is -2.33. The zero-order valence-electron chi connectivity index (χ0n) is 25.8. The predicted octanol–water partition coefficient (Wildman–Crippen LogP) is 3.48. The molecule has 5 N–H and O–H groups in total. The third-order valence-electron chi connectivity index (χ3n) is 6.98. The molecule has 1 aliphatic carbocycles. The first-order chi connectivity index (χ1) is 20.7. The lowest BCUT2D eigenvalue weighted by atomic mass is 9.84. The van der Waals surface area contributed by atoms with Crippen molar-refractivity contribution in [3.63, 3.8) is 0 Å². The molecule has 5 amide bonds. The molecule has 0 spiro atoms. The largest absolute Gasteiger partial charge is 0.445 e. The molecule has 0 aromatic heterocycles. The summed E-state index contributed by atoms with van der Waals surface area (Å²) in [6, 6.07) is 6.72. The molecule has 12 nitrogen and oxygen atoms in total. The van der Waals surface area contributed by atoms with E-state index in [1.54, 1.807) is 19.1 Å². The fraction of sp³-hybridized carbons (Fsp3) is 0.633. The lowest BCUT2D eigenvalue weighted by Crippen LogP contribution is -2.60. The van der Waals surface area contributed by atoms with Crippen molar-refractivity contribution in [1.82, 2.24) is 21.1 Å². The number of benzene rings is 1. The van der Waals surface area contributed by atoms with E-state index < -0.39 is 58.3 Å². The minimum Gasteiger partial charge on any atom is -0.445 e. The number of rotatable bonds is 14. The number of nitrogens with two attached hydrogens (primary N) is 1. The monoisotopic (exact) mass is 657 g/mol. The highest BCUT2D eigenvalue weighted by Gasteiger charge is 2.35. The number of halogens is 2. The fourth-order valence-electron chi connectivity index (χ4n) is 4.93. The van der Waals surface area contributed by atoms with E-state index in [2.05, 4.69) is 16.1 Å². The lowest BCUT2D eigenvalue weighted by molar-refractivity contribution is -0.143. The van der Waals surface area contributed by atoms with Crippen molar-refractivity contribution in [2.45, 2.75) is 108 Å². The molecule has 3 atom stereocenters. The Labute approximate surface area is 269 Å². The number of alkyl halides is 2. The Morgan fingerprint density at radius 1 is 1.00 bits per heavy atom. The summed E-state index contributed by atoms with van der Waals surface area (Å²) in [4.78, 5) is 62.5. The van der Waals surface area contributed by atoms with E-state index in [1.807, 2.05) is 39.0 Å². The van der Waals surface area contributed by atoms with Crippen molar-refractivity contribution in [2.24, 2.45) is 11.7 Å². The third-order valence-corrected chi connectivity index (χ3v) is 7.36. The molecule has 1 aromatic rings. The van der Waals surface area contributed by atoms with Crippen LogP contribution < -0.4 is 21.8 Å². The minimum atomic E-state index is -1.51. The van der Waals surface area contributed by atoms with Gasteiger partial charge in [0.05, 0.1) is 18.2 Å². The van der Waals surface area contributed by atoms with Crippen LogP contribution in [-0.4, -0.2) is 69.9 Å². The summed E-state index contributed by atoms with van der Waals surface area (Å²) in [6.07, 6.45) is 3.16. The van der Waals surface area contributed by atoms with Gasteiger partial charge in [0.2, 0.25) is 11.8 Å². The Kier molecular flexibility index (Phi) is 15.2. The molecule has 0 heterocycles. The highest BCUT2D eigenvalue weighted by Crippen LogP contribution is 2.27. The second kappa shape index (κ2) is 18.0. The van der Waals surface area contributed by atoms with E-state index in [0.717, 1.165) is 42.7 Å². The van der Waals surface area contributed by atoms with Gasteiger partial charge in [-0.3, -0.25) is 29.6 Å². The van der Waals surface area contributed by atoms with Crippen LogP contribution in [0.15, 0.2) is 30.3 Å². The molecular weight excluding hydrogens is 613 g/mol. The SMILES string of the molecule is C[C@@H](OC(C)(C)C)[C@H](NC(=O)OCc1ccccc1)C(=O)N[C@@H](CC1CCCCC1)C(=O)NN(CCC(N)=O)C(=O)C(Cl)Cl. The van der Waals surface area contributed by atoms with Gasteiger partial charge in [-0.1, -0.05) is 85.6 Å². The van der Waals surface area contributed by atoms with Crippen LogP contribution in [0, 0.1) is 5.92 Å². The first-order valence-electron chi connectivity index (χ1n) is 14.8. The maximum absolute atomic E-state index is 13.8. The van der Waals surface area contributed by atoms with Gasteiger partial charge in [-0.15, -0.1) is 0 Å². The fourth-order valence-corrected chi connectivity index (χ4v) is 5.17. The van der Waals surface area contributed by atoms with Gasteiger partial charge in [0.25, 0.3) is 11.8 Å². The van der Waals surface area contributed by atoms with E-state index in [1.165, 1.54) is 0 Å². The highest BCUT2D eigenvalue weighted by molar-refractivity contribution is 6.53. The molecule has 0 radical (unpaired) electrons. The number of carbonyl (C=O) groups is 5. The molecule has 44 heavy (non-hydrogen) atoms. The van der Waals surface area contributed by atoms with Crippen LogP contribution in [-0.2, 0) is 35.3 Å². The van der Waals surface area contributed by atoms with Gasteiger partial charge in [-0.25, -0.2) is 4.79 Å². The predicted molar refractivity (Wildman–Crippen MR) is 166 cm³/mol. The summed E-state index contributed by atoms with van der Waals surface area (Å²) < 4.78 is 11.3. The van der Waals surface area contributed by atoms with Gasteiger partial charge in [-0.2, -0.15) is 0 Å². The van der Waals surface area contributed by atoms with Crippen molar-refractivity contribution >= 4 is 52.9 Å². The summed E-state index contributed by atoms with van der Waals surface area (Å²) in [5, 5.41) is 6.15. The number of hydrazine groups is 1. The molecule has 1 saturated carbocycles. The van der Waals surface area contributed by atoms with Gasteiger partial charge >= 0.3 is 6.09 Å². The number of nitrogens with zero attached hydrogens (tertiary/aromatic N) is 1.